The normalized spacial score (nSPS) is 11.9. The van der Waals surface area contributed by atoms with E-state index >= 15 is 0 Å². The number of anilines is 1. The minimum absolute atomic E-state index is 0.00614. The predicted octanol–water partition coefficient (Wildman–Crippen LogP) is 3.89. The second-order valence-corrected chi connectivity index (χ2v) is 10.5. The Bertz CT molecular complexity index is 1360. The third-order valence-corrected chi connectivity index (χ3v) is 7.78. The first-order chi connectivity index (χ1) is 18.1. The Balaban J connectivity index is 2.08. The molecule has 10 heteroatoms. The first-order valence-electron chi connectivity index (χ1n) is 12.1. The number of rotatable bonds is 11. The molecule has 3 aromatic carbocycles. The van der Waals surface area contributed by atoms with Crippen molar-refractivity contribution in [3.63, 3.8) is 0 Å². The summed E-state index contributed by atoms with van der Waals surface area (Å²) in [6.45, 7) is 4.83. The number of hydrogen-bond acceptors (Lipinski definition) is 5. The Morgan fingerprint density at radius 1 is 1.00 bits per heavy atom. The van der Waals surface area contributed by atoms with Crippen molar-refractivity contribution in [2.75, 3.05) is 24.5 Å². The Labute approximate surface area is 223 Å². The average molecular weight is 542 g/mol. The number of aryl methyl sites for hydroxylation is 1. The molecule has 1 unspecified atom stereocenters. The van der Waals surface area contributed by atoms with E-state index in [-0.39, 0.29) is 23.7 Å². The summed E-state index contributed by atoms with van der Waals surface area (Å²) in [5, 5.41) is 2.52. The lowest BCUT2D eigenvalue weighted by Crippen LogP contribution is -2.50. The van der Waals surface area contributed by atoms with Gasteiger partial charge in [0.2, 0.25) is 11.8 Å². The number of carbonyl (C=O) groups excluding carboxylic acids is 2. The van der Waals surface area contributed by atoms with Crippen molar-refractivity contribution in [3.8, 4) is 5.75 Å². The summed E-state index contributed by atoms with van der Waals surface area (Å²) in [4.78, 5) is 27.6. The minimum Gasteiger partial charge on any atom is -0.492 e. The Hall–Kier alpha value is -3.92. The molecule has 1 atom stereocenters. The number of carbonyl (C=O) groups is 2. The van der Waals surface area contributed by atoms with Gasteiger partial charge in [-0.3, -0.25) is 13.9 Å². The van der Waals surface area contributed by atoms with Gasteiger partial charge in [-0.05, 0) is 62.7 Å². The maximum Gasteiger partial charge on any atom is 0.264 e. The van der Waals surface area contributed by atoms with Crippen LogP contribution >= 0.6 is 0 Å². The number of nitrogens with zero attached hydrogens (tertiary/aromatic N) is 2. The highest BCUT2D eigenvalue weighted by Gasteiger charge is 2.33. The highest BCUT2D eigenvalue weighted by molar-refractivity contribution is 7.92. The highest BCUT2D eigenvalue weighted by atomic mass is 32.2. The molecule has 0 aliphatic carbocycles. The van der Waals surface area contributed by atoms with Crippen molar-refractivity contribution in [1.29, 1.82) is 0 Å². The predicted molar refractivity (Wildman–Crippen MR) is 144 cm³/mol. The van der Waals surface area contributed by atoms with E-state index in [0.717, 1.165) is 9.87 Å². The van der Waals surface area contributed by atoms with Gasteiger partial charge < -0.3 is 15.0 Å². The number of halogens is 1. The molecular weight excluding hydrogens is 509 g/mol. The molecule has 202 valence electrons. The molecule has 0 heterocycles. The molecule has 0 saturated heterocycles. The molecule has 0 aromatic heterocycles. The van der Waals surface area contributed by atoms with E-state index in [2.05, 4.69) is 5.32 Å². The van der Waals surface area contributed by atoms with Crippen LogP contribution in [-0.2, 0) is 26.2 Å². The average Bonchev–Trinajstić information content (AvgIpc) is 2.91. The molecule has 0 saturated carbocycles. The summed E-state index contributed by atoms with van der Waals surface area (Å²) in [5.41, 5.74) is 1.65. The van der Waals surface area contributed by atoms with Crippen LogP contribution in [0.1, 0.15) is 25.0 Å². The van der Waals surface area contributed by atoms with Crippen LogP contribution in [-0.4, -0.2) is 51.4 Å². The number of para-hydroxylation sites is 2. The van der Waals surface area contributed by atoms with Crippen molar-refractivity contribution in [2.24, 2.45) is 0 Å². The molecule has 1 N–H and O–H groups in total. The van der Waals surface area contributed by atoms with Crippen LogP contribution in [0.15, 0.2) is 77.7 Å². The van der Waals surface area contributed by atoms with E-state index < -0.39 is 40.2 Å². The third kappa shape index (κ3) is 6.69. The molecule has 0 aliphatic heterocycles. The molecule has 2 amide bonds. The molecule has 0 radical (unpaired) electrons. The number of hydrogen-bond donors (Lipinski definition) is 1. The van der Waals surface area contributed by atoms with Gasteiger partial charge in [0.15, 0.2) is 0 Å². The standard InChI is InChI=1S/C28H32FN3O5S/c1-5-37-26-9-7-6-8-25(26)32(38(35,36)24-16-10-20(2)11-17-24)19-27(33)31(21(3)28(34)30-4)18-22-12-14-23(29)15-13-22/h6-17,21H,5,18-19H2,1-4H3,(H,30,34). The van der Waals surface area contributed by atoms with Crippen LogP contribution < -0.4 is 14.4 Å². The largest absolute Gasteiger partial charge is 0.492 e. The number of ether oxygens (including phenoxy) is 1. The van der Waals surface area contributed by atoms with Gasteiger partial charge in [-0.2, -0.15) is 0 Å². The van der Waals surface area contributed by atoms with Crippen molar-refractivity contribution < 1.29 is 27.1 Å². The van der Waals surface area contributed by atoms with Crippen LogP contribution in [0.5, 0.6) is 5.75 Å². The van der Waals surface area contributed by atoms with E-state index in [9.17, 15) is 22.4 Å². The monoisotopic (exact) mass is 541 g/mol. The summed E-state index contributed by atoms with van der Waals surface area (Å²) in [6.07, 6.45) is 0. The SMILES string of the molecule is CCOc1ccccc1N(CC(=O)N(Cc1ccc(F)cc1)C(C)C(=O)NC)S(=O)(=O)c1ccc(C)cc1. The quantitative estimate of drug-likeness (QED) is 0.397. The second kappa shape index (κ2) is 12.6. The topological polar surface area (TPSA) is 96.0 Å². The summed E-state index contributed by atoms with van der Waals surface area (Å²) in [5.74, 6) is -1.19. The van der Waals surface area contributed by atoms with Crippen molar-refractivity contribution in [3.05, 3.63) is 89.7 Å². The maximum absolute atomic E-state index is 13.9. The van der Waals surface area contributed by atoms with E-state index in [1.807, 2.05) is 6.92 Å². The van der Waals surface area contributed by atoms with E-state index in [1.165, 1.54) is 48.3 Å². The van der Waals surface area contributed by atoms with Crippen molar-refractivity contribution in [1.82, 2.24) is 10.2 Å². The zero-order valence-corrected chi connectivity index (χ0v) is 22.7. The summed E-state index contributed by atoms with van der Waals surface area (Å²) < 4.78 is 47.9. The molecule has 0 fully saturated rings. The van der Waals surface area contributed by atoms with Crippen LogP contribution in [0.4, 0.5) is 10.1 Å². The lowest BCUT2D eigenvalue weighted by Gasteiger charge is -2.32. The number of benzene rings is 3. The van der Waals surface area contributed by atoms with E-state index in [0.29, 0.717) is 11.3 Å². The van der Waals surface area contributed by atoms with E-state index in [4.69, 9.17) is 4.74 Å². The zero-order chi connectivity index (χ0) is 27.9. The fourth-order valence-corrected chi connectivity index (χ4v) is 5.29. The Morgan fingerprint density at radius 2 is 1.63 bits per heavy atom. The number of sulfonamides is 1. The molecule has 0 bridgehead atoms. The Morgan fingerprint density at radius 3 is 2.24 bits per heavy atom. The molecule has 38 heavy (non-hydrogen) atoms. The van der Waals surface area contributed by atoms with Gasteiger partial charge in [-0.25, -0.2) is 12.8 Å². The molecule has 0 aliphatic rings. The number of amides is 2. The molecular formula is C28H32FN3O5S. The number of nitrogens with one attached hydrogen (secondary N) is 1. The van der Waals surface area contributed by atoms with Gasteiger partial charge in [0.25, 0.3) is 10.0 Å². The van der Waals surface area contributed by atoms with Crippen LogP contribution in [0.25, 0.3) is 0 Å². The maximum atomic E-state index is 13.9. The summed E-state index contributed by atoms with van der Waals surface area (Å²) in [6, 6.07) is 17.5. The van der Waals surface area contributed by atoms with Gasteiger partial charge in [-0.15, -0.1) is 0 Å². The van der Waals surface area contributed by atoms with Crippen LogP contribution in [0, 0.1) is 12.7 Å². The van der Waals surface area contributed by atoms with Crippen LogP contribution in [0.3, 0.4) is 0 Å². The fourth-order valence-electron chi connectivity index (χ4n) is 3.87. The third-order valence-electron chi connectivity index (χ3n) is 6.00. The van der Waals surface area contributed by atoms with Crippen molar-refractivity contribution >= 4 is 27.5 Å². The highest BCUT2D eigenvalue weighted by Crippen LogP contribution is 2.33. The van der Waals surface area contributed by atoms with Crippen molar-refractivity contribution in [2.45, 2.75) is 38.3 Å². The van der Waals surface area contributed by atoms with E-state index in [1.54, 1.807) is 50.2 Å². The molecule has 3 aromatic rings. The first kappa shape index (κ1) is 28.6. The summed E-state index contributed by atoms with van der Waals surface area (Å²) in [7, 11) is -2.76. The lowest BCUT2D eigenvalue weighted by atomic mass is 10.1. The van der Waals surface area contributed by atoms with Gasteiger partial charge >= 0.3 is 0 Å². The van der Waals surface area contributed by atoms with Gasteiger partial charge in [0, 0.05) is 13.6 Å². The zero-order valence-electron chi connectivity index (χ0n) is 21.8. The van der Waals surface area contributed by atoms with Gasteiger partial charge in [0.1, 0.15) is 24.2 Å². The second-order valence-electron chi connectivity index (χ2n) is 8.66. The van der Waals surface area contributed by atoms with Gasteiger partial charge in [-0.1, -0.05) is 42.0 Å². The van der Waals surface area contributed by atoms with Crippen LogP contribution in [0.2, 0.25) is 0 Å². The molecule has 3 rings (SSSR count). The molecule has 0 spiro atoms. The Kier molecular flexibility index (Phi) is 9.46. The smallest absolute Gasteiger partial charge is 0.264 e. The lowest BCUT2D eigenvalue weighted by molar-refractivity contribution is -0.139. The first-order valence-corrected chi connectivity index (χ1v) is 13.6. The number of likely N-dealkylation sites (N-methyl/N-ethyl adjacent to an activating group) is 1. The minimum atomic E-state index is -4.21. The molecule has 8 nitrogen and oxygen atoms in total. The summed E-state index contributed by atoms with van der Waals surface area (Å²) >= 11 is 0. The fraction of sp³-hybridized carbons (Fsp3) is 0.286. The van der Waals surface area contributed by atoms with Gasteiger partial charge in [0.05, 0.1) is 17.2 Å².